The maximum Gasteiger partial charge on any atom is 0.264 e. The molecule has 0 aromatic heterocycles. The van der Waals surface area contributed by atoms with Gasteiger partial charge in [-0.1, -0.05) is 72.8 Å². The first-order chi connectivity index (χ1) is 20.4. The Bertz CT molecular complexity index is 1650. The van der Waals surface area contributed by atoms with E-state index in [9.17, 15) is 13.2 Å². The van der Waals surface area contributed by atoms with Crippen molar-refractivity contribution in [2.75, 3.05) is 9.62 Å². The van der Waals surface area contributed by atoms with Crippen LogP contribution in [0.3, 0.4) is 0 Å². The summed E-state index contributed by atoms with van der Waals surface area (Å²) in [5.74, 6) is 2.28. The highest BCUT2D eigenvalue weighted by molar-refractivity contribution is 7.92. The summed E-state index contributed by atoms with van der Waals surface area (Å²) in [7, 11) is -3.96. The van der Waals surface area contributed by atoms with Gasteiger partial charge in [-0.3, -0.25) is 9.10 Å². The third-order valence-electron chi connectivity index (χ3n) is 9.71. The van der Waals surface area contributed by atoms with Crippen LogP contribution >= 0.6 is 0 Å². The number of carbonyl (C=O) groups excluding carboxylic acids is 1. The van der Waals surface area contributed by atoms with Crippen LogP contribution in [0.2, 0.25) is 0 Å². The first kappa shape index (κ1) is 27.0. The average Bonchev–Trinajstić information content (AvgIpc) is 3.00. The van der Waals surface area contributed by atoms with Gasteiger partial charge in [0.1, 0.15) is 0 Å². The molecule has 4 fully saturated rings. The highest BCUT2D eigenvalue weighted by Crippen LogP contribution is 2.60. The van der Waals surface area contributed by atoms with Gasteiger partial charge >= 0.3 is 0 Å². The molecule has 0 atom stereocenters. The largest absolute Gasteiger partial charge is 0.322 e. The fourth-order valence-corrected chi connectivity index (χ4v) is 9.71. The van der Waals surface area contributed by atoms with Crippen LogP contribution in [-0.2, 0) is 22.0 Å². The van der Waals surface area contributed by atoms with Crippen molar-refractivity contribution in [2.24, 2.45) is 17.8 Å². The molecule has 8 rings (SSSR count). The van der Waals surface area contributed by atoms with Crippen LogP contribution in [0.5, 0.6) is 0 Å². The van der Waals surface area contributed by atoms with Crippen LogP contribution in [0, 0.1) is 17.8 Å². The summed E-state index contributed by atoms with van der Waals surface area (Å²) in [4.78, 5) is 13.9. The second-order valence-electron chi connectivity index (χ2n) is 12.6. The van der Waals surface area contributed by atoms with Gasteiger partial charge in [-0.25, -0.2) is 8.42 Å². The highest BCUT2D eigenvalue weighted by atomic mass is 32.2. The van der Waals surface area contributed by atoms with Gasteiger partial charge in [-0.05, 0) is 109 Å². The number of hydrogen-bond acceptors (Lipinski definition) is 3. The van der Waals surface area contributed by atoms with Crippen molar-refractivity contribution in [1.82, 2.24) is 0 Å². The smallest absolute Gasteiger partial charge is 0.264 e. The van der Waals surface area contributed by atoms with Crippen molar-refractivity contribution in [1.29, 1.82) is 0 Å². The van der Waals surface area contributed by atoms with E-state index in [0.29, 0.717) is 22.4 Å². The summed E-state index contributed by atoms with van der Waals surface area (Å²) >= 11 is 0. The van der Waals surface area contributed by atoms with Crippen LogP contribution < -0.4 is 9.62 Å². The van der Waals surface area contributed by atoms with Gasteiger partial charge < -0.3 is 5.32 Å². The van der Waals surface area contributed by atoms with E-state index in [-0.39, 0.29) is 17.3 Å². The Kier molecular flexibility index (Phi) is 6.89. The van der Waals surface area contributed by atoms with E-state index in [2.05, 4.69) is 17.4 Å². The molecule has 0 aliphatic heterocycles. The quantitative estimate of drug-likeness (QED) is 0.233. The summed E-state index contributed by atoms with van der Waals surface area (Å²) in [5.41, 5.74) is 3.89. The van der Waals surface area contributed by atoms with Crippen LogP contribution in [0.1, 0.15) is 60.0 Å². The normalized spacial score (nSPS) is 24.3. The van der Waals surface area contributed by atoms with E-state index in [4.69, 9.17) is 0 Å². The van der Waals surface area contributed by atoms with Crippen molar-refractivity contribution >= 4 is 27.3 Å². The van der Waals surface area contributed by atoms with Crippen LogP contribution in [0.4, 0.5) is 11.4 Å². The summed E-state index contributed by atoms with van der Waals surface area (Å²) in [6.07, 6.45) is 8.12. The molecule has 1 amide bonds. The van der Waals surface area contributed by atoms with Gasteiger partial charge in [0.15, 0.2) is 0 Å². The number of benzene rings is 4. The van der Waals surface area contributed by atoms with Gasteiger partial charge in [0.05, 0.1) is 22.7 Å². The second kappa shape index (κ2) is 10.7. The number of nitrogens with zero attached hydrogens (tertiary/aromatic N) is 1. The third kappa shape index (κ3) is 5.02. The maximum absolute atomic E-state index is 14.0. The lowest BCUT2D eigenvalue weighted by molar-refractivity contribution is -0.00518. The summed E-state index contributed by atoms with van der Waals surface area (Å²) in [5, 5.41) is 3.05. The molecule has 1 N–H and O–H groups in total. The summed E-state index contributed by atoms with van der Waals surface area (Å²) in [6, 6.07) is 33.2. The molecule has 214 valence electrons. The lowest BCUT2D eigenvalue weighted by Gasteiger charge is -2.57. The van der Waals surface area contributed by atoms with E-state index in [1.54, 1.807) is 54.6 Å². The highest BCUT2D eigenvalue weighted by Gasteiger charge is 2.51. The van der Waals surface area contributed by atoms with E-state index in [1.165, 1.54) is 48.4 Å². The van der Waals surface area contributed by atoms with Gasteiger partial charge in [-0.2, -0.15) is 0 Å². The third-order valence-corrected chi connectivity index (χ3v) is 11.5. The SMILES string of the molecule is O=C(Nc1ccc(C23CC4CC(CC(C4)C2)C3)cc1)c1ccccc1N(Cc1ccccc1)S(=O)(=O)c1ccccc1. The molecule has 4 aliphatic rings. The van der Waals surface area contributed by atoms with Crippen molar-refractivity contribution in [3.8, 4) is 0 Å². The minimum absolute atomic E-state index is 0.0993. The maximum atomic E-state index is 14.0. The van der Waals surface area contributed by atoms with Gasteiger partial charge in [0.25, 0.3) is 15.9 Å². The summed E-state index contributed by atoms with van der Waals surface area (Å²) in [6.45, 7) is 0.0993. The molecule has 4 bridgehead atoms. The second-order valence-corrected chi connectivity index (χ2v) is 14.4. The van der Waals surface area contributed by atoms with Gasteiger partial charge in [0.2, 0.25) is 0 Å². The predicted octanol–water partition coefficient (Wildman–Crippen LogP) is 7.80. The molecule has 4 aromatic rings. The van der Waals surface area contributed by atoms with Crippen molar-refractivity contribution < 1.29 is 13.2 Å². The van der Waals surface area contributed by atoms with E-state index < -0.39 is 10.0 Å². The standard InChI is InChI=1S/C36H36N2O3S/c39-35(37-31-17-15-30(16-18-31)36-22-27-19-28(23-36)21-29(20-27)24-36)33-13-7-8-14-34(33)38(25-26-9-3-1-4-10-26)42(40,41)32-11-5-2-6-12-32/h1-18,27-29H,19-25H2,(H,37,39). The first-order valence-electron chi connectivity index (χ1n) is 15.0. The molecule has 4 aliphatic carbocycles. The molecule has 0 radical (unpaired) electrons. The molecule has 0 saturated heterocycles. The topological polar surface area (TPSA) is 66.5 Å². The number of carbonyl (C=O) groups is 1. The Morgan fingerprint density at radius 2 is 1.26 bits per heavy atom. The van der Waals surface area contributed by atoms with Crippen molar-refractivity contribution in [2.45, 2.75) is 55.4 Å². The molecule has 4 aromatic carbocycles. The molecule has 0 heterocycles. The van der Waals surface area contributed by atoms with E-state index in [1.807, 2.05) is 42.5 Å². The number of nitrogens with one attached hydrogen (secondary N) is 1. The zero-order chi connectivity index (χ0) is 28.7. The number of hydrogen-bond donors (Lipinski definition) is 1. The van der Waals surface area contributed by atoms with E-state index >= 15 is 0 Å². The Morgan fingerprint density at radius 3 is 1.88 bits per heavy atom. The molecular weight excluding hydrogens is 540 g/mol. The number of sulfonamides is 1. The zero-order valence-corrected chi connectivity index (χ0v) is 24.5. The van der Waals surface area contributed by atoms with Crippen LogP contribution in [0.15, 0.2) is 114 Å². The molecule has 0 spiro atoms. The number of amides is 1. The van der Waals surface area contributed by atoms with Gasteiger partial charge in [0, 0.05) is 5.69 Å². The first-order valence-corrected chi connectivity index (χ1v) is 16.5. The number of rotatable bonds is 8. The fraction of sp³-hybridized carbons (Fsp3) is 0.306. The Labute approximate surface area is 248 Å². The zero-order valence-electron chi connectivity index (χ0n) is 23.7. The fourth-order valence-electron chi connectivity index (χ4n) is 8.22. The molecule has 0 unspecified atom stereocenters. The minimum atomic E-state index is -3.96. The Morgan fingerprint density at radius 1 is 0.714 bits per heavy atom. The molecule has 5 nitrogen and oxygen atoms in total. The molecule has 4 saturated carbocycles. The van der Waals surface area contributed by atoms with Crippen LogP contribution in [0.25, 0.3) is 0 Å². The average molecular weight is 577 g/mol. The number of anilines is 2. The lowest BCUT2D eigenvalue weighted by atomic mass is 9.48. The van der Waals surface area contributed by atoms with Crippen molar-refractivity contribution in [3.63, 3.8) is 0 Å². The van der Waals surface area contributed by atoms with Gasteiger partial charge in [-0.15, -0.1) is 0 Å². The Hall–Kier alpha value is -3.90. The lowest BCUT2D eigenvalue weighted by Crippen LogP contribution is -2.48. The molecule has 6 heteroatoms. The molecule has 42 heavy (non-hydrogen) atoms. The van der Waals surface area contributed by atoms with E-state index in [0.717, 1.165) is 23.3 Å². The van der Waals surface area contributed by atoms with Crippen molar-refractivity contribution in [3.05, 3.63) is 126 Å². The predicted molar refractivity (Wildman–Crippen MR) is 167 cm³/mol. The minimum Gasteiger partial charge on any atom is -0.322 e. The monoisotopic (exact) mass is 576 g/mol. The Balaban J connectivity index is 1.17. The summed E-state index contributed by atoms with van der Waals surface area (Å²) < 4.78 is 29.3. The van der Waals surface area contributed by atoms with Crippen LogP contribution in [-0.4, -0.2) is 14.3 Å². The number of para-hydroxylation sites is 1. The molecular formula is C36H36N2O3S.